The molecule has 0 unspecified atom stereocenters. The van der Waals surface area contributed by atoms with Crippen LogP contribution in [0.2, 0.25) is 0 Å². The molecular weight excluding hydrogens is 218 g/mol. The van der Waals surface area contributed by atoms with Crippen LogP contribution < -0.4 is 5.32 Å². The van der Waals surface area contributed by atoms with Crippen molar-refractivity contribution >= 4 is 34.4 Å². The van der Waals surface area contributed by atoms with Crippen LogP contribution in [0.5, 0.6) is 0 Å². The van der Waals surface area contributed by atoms with Gasteiger partial charge in [-0.3, -0.25) is 5.32 Å². The molecule has 1 N–H and O–H groups in total. The van der Waals surface area contributed by atoms with Gasteiger partial charge in [-0.05, 0) is 6.42 Å². The molecule has 0 aliphatic heterocycles. The lowest BCUT2D eigenvalue weighted by molar-refractivity contribution is 0.150. The van der Waals surface area contributed by atoms with E-state index in [9.17, 15) is 4.79 Å². The van der Waals surface area contributed by atoms with E-state index in [0.29, 0.717) is 16.7 Å². The third-order valence-electron chi connectivity index (χ3n) is 1.27. The highest BCUT2D eigenvalue weighted by Crippen LogP contribution is 2.01. The van der Waals surface area contributed by atoms with Crippen molar-refractivity contribution in [3.63, 3.8) is 0 Å². The van der Waals surface area contributed by atoms with Crippen LogP contribution in [0.1, 0.15) is 19.8 Å². The number of unbranched alkanes of at least 4 members (excludes halogenated alkanes) is 1. The minimum Gasteiger partial charge on any atom is -0.449 e. The number of hydrogen-bond donors (Lipinski definition) is 1. The second-order valence-corrected chi connectivity index (χ2v) is 4.20. The van der Waals surface area contributed by atoms with Crippen molar-refractivity contribution in [3.8, 4) is 0 Å². The van der Waals surface area contributed by atoms with Gasteiger partial charge >= 0.3 is 6.09 Å². The number of carbonyl (C=O) groups excluding carboxylic acids is 1. The molecular formula is C9H15NO2S2. The summed E-state index contributed by atoms with van der Waals surface area (Å²) in [6, 6.07) is 0. The molecule has 0 heterocycles. The predicted octanol–water partition coefficient (Wildman–Crippen LogP) is 2.72. The molecule has 0 saturated heterocycles. The molecule has 0 bridgehead atoms. The maximum absolute atomic E-state index is 11.0. The number of thioether (sulfide) groups is 1. The number of alkyl carbamates (subject to hydrolysis) is 1. The molecule has 0 aromatic rings. The third kappa shape index (κ3) is 8.07. The number of rotatable bonds is 5. The topological polar surface area (TPSA) is 38.3 Å². The largest absolute Gasteiger partial charge is 0.449 e. The number of nitrogens with one attached hydrogen (secondary N) is 1. The quantitative estimate of drug-likeness (QED) is 0.450. The summed E-state index contributed by atoms with van der Waals surface area (Å²) in [6.07, 6.45) is 3.13. The second-order valence-electron chi connectivity index (χ2n) is 2.50. The van der Waals surface area contributed by atoms with Crippen molar-refractivity contribution in [2.24, 2.45) is 0 Å². The third-order valence-corrected chi connectivity index (χ3v) is 2.49. The maximum atomic E-state index is 11.0. The number of thiocarbonyl (C=S) groups is 1. The molecule has 1 amide bonds. The van der Waals surface area contributed by atoms with Crippen LogP contribution in [0.25, 0.3) is 0 Å². The van der Waals surface area contributed by atoms with E-state index in [0.717, 1.165) is 12.8 Å². The van der Waals surface area contributed by atoms with Crippen LogP contribution in [0.4, 0.5) is 4.79 Å². The van der Waals surface area contributed by atoms with Gasteiger partial charge in [-0.25, -0.2) is 4.79 Å². The summed E-state index contributed by atoms with van der Waals surface area (Å²) in [5.74, 6) is 0.689. The summed E-state index contributed by atoms with van der Waals surface area (Å²) in [5.41, 5.74) is 0. The standard InChI is InChI=1S/C9H15NO2S2/c1-3-5-6-12-8(11)10-9(13)14-7-4-2/h4H,2-3,5-7H2,1H3,(H,10,11,13). The minimum atomic E-state index is -0.472. The first kappa shape index (κ1) is 13.4. The van der Waals surface area contributed by atoms with Gasteiger partial charge in [0.15, 0.2) is 0 Å². The molecule has 3 nitrogen and oxygen atoms in total. The predicted molar refractivity (Wildman–Crippen MR) is 64.6 cm³/mol. The number of hydrogen-bond acceptors (Lipinski definition) is 4. The Balaban J connectivity index is 3.50. The Morgan fingerprint density at radius 1 is 1.71 bits per heavy atom. The number of amides is 1. The van der Waals surface area contributed by atoms with E-state index in [1.807, 2.05) is 6.92 Å². The Morgan fingerprint density at radius 3 is 3.00 bits per heavy atom. The normalized spacial score (nSPS) is 9.21. The highest BCUT2D eigenvalue weighted by molar-refractivity contribution is 8.23. The van der Waals surface area contributed by atoms with Gasteiger partial charge in [0.25, 0.3) is 0 Å². The van der Waals surface area contributed by atoms with Gasteiger partial charge in [-0.15, -0.1) is 6.58 Å². The van der Waals surface area contributed by atoms with Gasteiger partial charge in [0.2, 0.25) is 0 Å². The van der Waals surface area contributed by atoms with E-state index in [2.05, 4.69) is 11.9 Å². The van der Waals surface area contributed by atoms with Crippen molar-refractivity contribution in [1.29, 1.82) is 0 Å². The lowest BCUT2D eigenvalue weighted by Crippen LogP contribution is -2.28. The molecule has 0 radical (unpaired) electrons. The van der Waals surface area contributed by atoms with Gasteiger partial charge in [0.1, 0.15) is 4.32 Å². The van der Waals surface area contributed by atoms with Crippen molar-refractivity contribution in [2.75, 3.05) is 12.4 Å². The van der Waals surface area contributed by atoms with Crippen molar-refractivity contribution in [1.82, 2.24) is 5.32 Å². The lowest BCUT2D eigenvalue weighted by atomic mass is 10.4. The Kier molecular flexibility index (Phi) is 8.67. The fraction of sp³-hybridized carbons (Fsp3) is 0.556. The van der Waals surface area contributed by atoms with Gasteiger partial charge < -0.3 is 4.74 Å². The molecule has 0 aliphatic carbocycles. The molecule has 80 valence electrons. The molecule has 0 atom stereocenters. The van der Waals surface area contributed by atoms with Crippen LogP contribution in [0.15, 0.2) is 12.7 Å². The summed E-state index contributed by atoms with van der Waals surface area (Å²) in [4.78, 5) is 11.0. The van der Waals surface area contributed by atoms with Crippen molar-refractivity contribution in [2.45, 2.75) is 19.8 Å². The van der Waals surface area contributed by atoms with Crippen LogP contribution in [-0.4, -0.2) is 22.8 Å². The second kappa shape index (κ2) is 9.02. The van der Waals surface area contributed by atoms with Crippen LogP contribution in [0, 0.1) is 0 Å². The van der Waals surface area contributed by atoms with E-state index >= 15 is 0 Å². The average Bonchev–Trinajstić information content (AvgIpc) is 2.15. The molecule has 0 fully saturated rings. The van der Waals surface area contributed by atoms with Gasteiger partial charge in [0, 0.05) is 5.75 Å². The summed E-state index contributed by atoms with van der Waals surface area (Å²) >= 11 is 6.22. The van der Waals surface area contributed by atoms with Gasteiger partial charge in [0.05, 0.1) is 6.61 Å². The van der Waals surface area contributed by atoms with E-state index < -0.39 is 6.09 Å². The SMILES string of the molecule is C=CCSC(=S)NC(=O)OCCCC. The monoisotopic (exact) mass is 233 g/mol. The fourth-order valence-corrected chi connectivity index (χ4v) is 1.31. The van der Waals surface area contributed by atoms with Crippen molar-refractivity contribution in [3.05, 3.63) is 12.7 Å². The Bertz CT molecular complexity index is 207. The molecule has 0 aromatic carbocycles. The Hall–Kier alpha value is -0.550. The summed E-state index contributed by atoms with van der Waals surface area (Å²) in [6.45, 7) is 6.02. The van der Waals surface area contributed by atoms with E-state index in [4.69, 9.17) is 17.0 Å². The van der Waals surface area contributed by atoms with Crippen LogP contribution >= 0.6 is 24.0 Å². The minimum absolute atomic E-state index is 0.423. The first-order valence-electron chi connectivity index (χ1n) is 4.42. The average molecular weight is 233 g/mol. The molecule has 0 rings (SSSR count). The zero-order valence-corrected chi connectivity index (χ0v) is 9.88. The number of ether oxygens (including phenoxy) is 1. The van der Waals surface area contributed by atoms with Gasteiger partial charge in [-0.1, -0.05) is 43.4 Å². The Morgan fingerprint density at radius 2 is 2.43 bits per heavy atom. The van der Waals surface area contributed by atoms with Crippen LogP contribution in [-0.2, 0) is 4.74 Å². The molecule has 0 aromatic heterocycles. The molecule has 0 aliphatic rings. The zero-order chi connectivity index (χ0) is 10.8. The van der Waals surface area contributed by atoms with E-state index in [-0.39, 0.29) is 0 Å². The smallest absolute Gasteiger partial charge is 0.412 e. The highest BCUT2D eigenvalue weighted by atomic mass is 32.2. The molecule has 0 spiro atoms. The van der Waals surface area contributed by atoms with Gasteiger partial charge in [-0.2, -0.15) is 0 Å². The summed E-state index contributed by atoms with van der Waals surface area (Å²) < 4.78 is 5.28. The fourth-order valence-electron chi connectivity index (χ4n) is 0.599. The van der Waals surface area contributed by atoms with E-state index in [1.54, 1.807) is 6.08 Å². The van der Waals surface area contributed by atoms with Crippen molar-refractivity contribution < 1.29 is 9.53 Å². The Labute approximate surface area is 94.3 Å². The molecule has 0 saturated carbocycles. The van der Waals surface area contributed by atoms with Crippen LogP contribution in [0.3, 0.4) is 0 Å². The molecule has 5 heteroatoms. The molecule has 14 heavy (non-hydrogen) atoms. The lowest BCUT2D eigenvalue weighted by Gasteiger charge is -2.05. The van der Waals surface area contributed by atoms with E-state index in [1.165, 1.54) is 11.8 Å². The first-order valence-corrected chi connectivity index (χ1v) is 5.81. The zero-order valence-electron chi connectivity index (χ0n) is 8.25. The maximum Gasteiger partial charge on any atom is 0.412 e. The first-order chi connectivity index (χ1) is 6.70. The number of carbonyl (C=O) groups is 1. The highest BCUT2D eigenvalue weighted by Gasteiger charge is 2.04. The summed E-state index contributed by atoms with van der Waals surface area (Å²) in [7, 11) is 0. The summed E-state index contributed by atoms with van der Waals surface area (Å²) in [5, 5.41) is 2.46.